The smallest absolute Gasteiger partial charge is 0.329 e. The second-order valence-electron chi connectivity index (χ2n) is 3.34. The van der Waals surface area contributed by atoms with Crippen LogP contribution in [0.5, 0.6) is 0 Å². The first kappa shape index (κ1) is 11.9. The number of anilines is 1. The number of nitrogens with two attached hydrogens (primary N) is 1. The average molecular weight is 266 g/mol. The number of amides is 2. The van der Waals surface area contributed by atoms with Gasteiger partial charge in [0.25, 0.3) is 0 Å². The number of carbonyl (C=O) groups excluding carboxylic acids is 1. The van der Waals surface area contributed by atoms with Gasteiger partial charge in [-0.15, -0.1) is 0 Å². The number of benzene rings is 1. The number of hydrogen-bond acceptors (Lipinski definition) is 5. The molecular formula is C10H10N4OS2. The molecule has 1 aromatic carbocycles. The predicted molar refractivity (Wildman–Crippen MR) is 71.1 cm³/mol. The minimum absolute atomic E-state index is 0.617. The van der Waals surface area contributed by atoms with Crippen LogP contribution in [0.2, 0.25) is 0 Å². The largest absolute Gasteiger partial charge is 0.350 e. The van der Waals surface area contributed by atoms with Gasteiger partial charge in [0.15, 0.2) is 0 Å². The van der Waals surface area contributed by atoms with Crippen molar-refractivity contribution >= 4 is 36.1 Å². The first-order chi connectivity index (χ1) is 8.08. The number of aromatic nitrogens is 2. The zero-order valence-corrected chi connectivity index (χ0v) is 10.7. The Morgan fingerprint density at radius 3 is 2.53 bits per heavy atom. The van der Waals surface area contributed by atoms with Gasteiger partial charge in [-0.05, 0) is 42.7 Å². The minimum Gasteiger partial charge on any atom is -0.350 e. The van der Waals surface area contributed by atoms with Gasteiger partial charge < -0.3 is 5.73 Å². The van der Waals surface area contributed by atoms with Crippen LogP contribution in [-0.2, 0) is 0 Å². The monoisotopic (exact) mass is 266 g/mol. The average Bonchev–Trinajstić information content (AvgIpc) is 2.75. The molecule has 0 saturated carbocycles. The molecule has 1 aromatic heterocycles. The van der Waals surface area contributed by atoms with E-state index in [9.17, 15) is 4.79 Å². The molecule has 2 rings (SSSR count). The van der Waals surface area contributed by atoms with E-state index in [2.05, 4.69) is 22.2 Å². The molecule has 1 heterocycles. The molecule has 2 aromatic rings. The van der Waals surface area contributed by atoms with Gasteiger partial charge in [0.1, 0.15) is 10.8 Å². The highest BCUT2D eigenvalue weighted by atomic mass is 32.1. The van der Waals surface area contributed by atoms with Crippen molar-refractivity contribution in [3.63, 3.8) is 0 Å². The highest BCUT2D eigenvalue weighted by Crippen LogP contribution is 2.25. The molecule has 2 amide bonds. The van der Waals surface area contributed by atoms with E-state index in [4.69, 9.17) is 5.73 Å². The number of thiol groups is 1. The summed E-state index contributed by atoms with van der Waals surface area (Å²) in [4.78, 5) is 15.2. The Bertz CT molecular complexity index is 537. The number of nitrogens with zero attached hydrogens (tertiary/aromatic N) is 3. The fourth-order valence-corrected chi connectivity index (χ4v) is 2.09. The maximum absolute atomic E-state index is 10.9. The number of aryl methyl sites for hydroxylation is 1. The zero-order valence-electron chi connectivity index (χ0n) is 8.99. The van der Waals surface area contributed by atoms with Crippen molar-refractivity contribution in [2.24, 2.45) is 5.73 Å². The van der Waals surface area contributed by atoms with E-state index in [0.717, 1.165) is 20.7 Å². The SMILES string of the molecule is Cc1nsc(-c2ccc(N(S)C(N)=O)cc2)n1. The van der Waals surface area contributed by atoms with Crippen LogP contribution in [0, 0.1) is 6.92 Å². The zero-order chi connectivity index (χ0) is 12.4. The molecule has 0 aliphatic rings. The number of rotatable bonds is 2. The van der Waals surface area contributed by atoms with Gasteiger partial charge in [0, 0.05) is 5.56 Å². The Kier molecular flexibility index (Phi) is 3.30. The summed E-state index contributed by atoms with van der Waals surface area (Å²) < 4.78 is 5.19. The summed E-state index contributed by atoms with van der Waals surface area (Å²) in [7, 11) is 0. The number of urea groups is 1. The standard InChI is InChI=1S/C10H10N4OS2/c1-6-12-9(17-13-6)7-2-4-8(5-3-7)14(16)10(11)15/h2-5,16H,1H3,(H2,11,15). The number of carbonyl (C=O) groups is 1. The molecule has 0 radical (unpaired) electrons. The molecule has 0 aliphatic heterocycles. The van der Waals surface area contributed by atoms with Gasteiger partial charge in [-0.3, -0.25) is 0 Å². The van der Waals surface area contributed by atoms with Gasteiger partial charge in [-0.25, -0.2) is 14.1 Å². The van der Waals surface area contributed by atoms with E-state index in [-0.39, 0.29) is 0 Å². The number of hydrogen-bond donors (Lipinski definition) is 2. The van der Waals surface area contributed by atoms with Crippen LogP contribution in [0.3, 0.4) is 0 Å². The Morgan fingerprint density at radius 1 is 1.41 bits per heavy atom. The van der Waals surface area contributed by atoms with Crippen molar-refractivity contribution in [2.75, 3.05) is 4.31 Å². The summed E-state index contributed by atoms with van der Waals surface area (Å²) in [5.74, 6) is 0.752. The van der Waals surface area contributed by atoms with Crippen molar-refractivity contribution in [3.8, 4) is 10.6 Å². The minimum atomic E-state index is -0.618. The third-order valence-corrected chi connectivity index (χ3v) is 3.38. The highest BCUT2D eigenvalue weighted by Gasteiger charge is 2.08. The van der Waals surface area contributed by atoms with Gasteiger partial charge in [0.05, 0.1) is 5.69 Å². The molecule has 0 aliphatic carbocycles. The van der Waals surface area contributed by atoms with Gasteiger partial charge in [0.2, 0.25) is 0 Å². The third kappa shape index (κ3) is 2.56. The molecule has 5 nitrogen and oxygen atoms in total. The quantitative estimate of drug-likeness (QED) is 0.819. The molecule has 17 heavy (non-hydrogen) atoms. The van der Waals surface area contributed by atoms with E-state index in [1.807, 2.05) is 19.1 Å². The third-order valence-electron chi connectivity index (χ3n) is 2.10. The first-order valence-corrected chi connectivity index (χ1v) is 5.94. The van der Waals surface area contributed by atoms with Crippen LogP contribution in [0.1, 0.15) is 5.82 Å². The molecule has 0 unspecified atom stereocenters. The molecule has 2 N–H and O–H groups in total. The fourth-order valence-electron chi connectivity index (χ4n) is 1.29. The van der Waals surface area contributed by atoms with Crippen molar-refractivity contribution in [1.29, 1.82) is 0 Å². The van der Waals surface area contributed by atoms with Crippen LogP contribution in [-0.4, -0.2) is 15.4 Å². The molecule has 0 bridgehead atoms. The second kappa shape index (κ2) is 4.72. The van der Waals surface area contributed by atoms with Crippen LogP contribution < -0.4 is 10.0 Å². The summed E-state index contributed by atoms with van der Waals surface area (Å²) in [6.45, 7) is 1.84. The molecule has 7 heteroatoms. The second-order valence-corrected chi connectivity index (χ2v) is 4.50. The summed E-state index contributed by atoms with van der Waals surface area (Å²) in [5.41, 5.74) is 6.68. The summed E-state index contributed by atoms with van der Waals surface area (Å²) >= 11 is 5.31. The summed E-state index contributed by atoms with van der Waals surface area (Å²) in [6, 6.07) is 6.59. The van der Waals surface area contributed by atoms with Gasteiger partial charge in [-0.1, -0.05) is 12.8 Å². The Hall–Kier alpha value is -1.60. The fraction of sp³-hybridized carbons (Fsp3) is 0.100. The van der Waals surface area contributed by atoms with E-state index in [0.29, 0.717) is 5.69 Å². The van der Waals surface area contributed by atoms with Crippen molar-refractivity contribution in [2.45, 2.75) is 6.92 Å². The van der Waals surface area contributed by atoms with Gasteiger partial charge >= 0.3 is 6.03 Å². The van der Waals surface area contributed by atoms with E-state index in [1.165, 1.54) is 11.5 Å². The number of primary amides is 1. The van der Waals surface area contributed by atoms with Crippen LogP contribution in [0.15, 0.2) is 24.3 Å². The molecule has 0 saturated heterocycles. The topological polar surface area (TPSA) is 72.1 Å². The Labute approximate surface area is 108 Å². The van der Waals surface area contributed by atoms with Crippen molar-refractivity contribution < 1.29 is 4.79 Å². The summed E-state index contributed by atoms with van der Waals surface area (Å²) in [6.07, 6.45) is 0. The van der Waals surface area contributed by atoms with E-state index < -0.39 is 6.03 Å². The van der Waals surface area contributed by atoms with Crippen LogP contribution >= 0.6 is 24.3 Å². The Balaban J connectivity index is 2.27. The molecule has 88 valence electrons. The van der Waals surface area contributed by atoms with Crippen LogP contribution in [0.4, 0.5) is 10.5 Å². The summed E-state index contributed by atoms with van der Waals surface area (Å²) in [5, 5.41) is 0.846. The molecular weight excluding hydrogens is 256 g/mol. The first-order valence-electron chi connectivity index (χ1n) is 4.77. The highest BCUT2D eigenvalue weighted by molar-refractivity contribution is 7.82. The van der Waals surface area contributed by atoms with Crippen molar-refractivity contribution in [3.05, 3.63) is 30.1 Å². The normalized spacial score (nSPS) is 10.2. The van der Waals surface area contributed by atoms with E-state index in [1.54, 1.807) is 12.1 Å². The lowest BCUT2D eigenvalue weighted by Gasteiger charge is -2.12. The maximum atomic E-state index is 10.9. The lowest BCUT2D eigenvalue weighted by atomic mass is 10.2. The maximum Gasteiger partial charge on any atom is 0.329 e. The molecule has 0 atom stereocenters. The van der Waals surface area contributed by atoms with Crippen LogP contribution in [0.25, 0.3) is 10.6 Å². The van der Waals surface area contributed by atoms with Crippen molar-refractivity contribution in [1.82, 2.24) is 9.36 Å². The lowest BCUT2D eigenvalue weighted by Crippen LogP contribution is -2.27. The van der Waals surface area contributed by atoms with Gasteiger partial charge in [-0.2, -0.15) is 4.37 Å². The molecule has 0 fully saturated rings. The predicted octanol–water partition coefficient (Wildman–Crippen LogP) is 2.24. The lowest BCUT2D eigenvalue weighted by molar-refractivity contribution is 0.257. The Morgan fingerprint density at radius 2 is 2.06 bits per heavy atom. The molecule has 0 spiro atoms. The van der Waals surface area contributed by atoms with E-state index >= 15 is 0 Å².